The number of amides is 3. The van der Waals surface area contributed by atoms with Crippen LogP contribution in [0.4, 0.5) is 18.0 Å². The van der Waals surface area contributed by atoms with Gasteiger partial charge < -0.3 is 4.74 Å². The summed E-state index contributed by atoms with van der Waals surface area (Å²) in [6.07, 6.45) is 0.148. The van der Waals surface area contributed by atoms with Crippen molar-refractivity contribution in [1.29, 1.82) is 0 Å². The number of dihydropyridines is 1. The Bertz CT molecular complexity index is 1150. The number of fused-ring (bicyclic) bond motifs is 1. The fourth-order valence-electron chi connectivity index (χ4n) is 3.62. The van der Waals surface area contributed by atoms with Crippen LogP contribution in [0.1, 0.15) is 16.7 Å². The molecule has 0 N–H and O–H groups in total. The zero-order valence-corrected chi connectivity index (χ0v) is 17.0. The smallest absolute Gasteiger partial charge is 0.497 e. The highest BCUT2D eigenvalue weighted by Gasteiger charge is 2.47. The number of methoxy groups -OCH3 is 1. The maximum Gasteiger partial charge on any atom is 0.501 e. The Morgan fingerprint density at radius 2 is 1.84 bits per heavy atom. The molecule has 0 saturated carbocycles. The summed E-state index contributed by atoms with van der Waals surface area (Å²) in [6, 6.07) is 10.1. The number of alkyl halides is 3. The maximum absolute atomic E-state index is 13.3. The van der Waals surface area contributed by atoms with E-state index in [0.29, 0.717) is 22.6 Å². The molecule has 0 fully saturated rings. The monoisotopic (exact) mass is 442 g/mol. The van der Waals surface area contributed by atoms with Gasteiger partial charge in [0.25, 0.3) is 0 Å². The Hall–Kier alpha value is -3.75. The molecular weight excluding hydrogens is 423 g/mol. The van der Waals surface area contributed by atoms with Gasteiger partial charge in [0, 0.05) is 6.21 Å². The minimum Gasteiger partial charge on any atom is -0.497 e. The van der Waals surface area contributed by atoms with Gasteiger partial charge in [-0.2, -0.15) is 27.4 Å². The molecule has 164 valence electrons. The average Bonchev–Trinajstić information content (AvgIpc) is 2.79. The number of aliphatic imine (C=N–C) groups is 1. The summed E-state index contributed by atoms with van der Waals surface area (Å²) >= 11 is 0. The van der Waals surface area contributed by atoms with E-state index >= 15 is 0 Å². The first kappa shape index (κ1) is 21.5. The number of carbonyl (C=O) groups excluding carboxylic acids is 2. The number of nitrogens with zero attached hydrogens (tertiary/aromatic N) is 3. The van der Waals surface area contributed by atoms with Crippen molar-refractivity contribution in [3.05, 3.63) is 77.4 Å². The average molecular weight is 442 g/mol. The quantitative estimate of drug-likeness (QED) is 0.661. The number of hydrogen-bond donors (Lipinski definition) is 0. The number of ether oxygens (including phenoxy) is 1. The molecule has 0 spiro atoms. The van der Waals surface area contributed by atoms with Gasteiger partial charge in [-0.15, -0.1) is 0 Å². The van der Waals surface area contributed by atoms with E-state index in [-0.39, 0.29) is 13.1 Å². The van der Waals surface area contributed by atoms with Crippen LogP contribution in [0.25, 0.3) is 0 Å². The maximum atomic E-state index is 13.3. The third-order valence-electron chi connectivity index (χ3n) is 5.24. The molecule has 0 aromatic heterocycles. The highest BCUT2D eigenvalue weighted by molar-refractivity contribution is 6.20. The zero-order valence-electron chi connectivity index (χ0n) is 17.0. The lowest BCUT2D eigenvalue weighted by Gasteiger charge is -2.26. The Morgan fingerprint density at radius 1 is 1.09 bits per heavy atom. The van der Waals surface area contributed by atoms with E-state index in [2.05, 4.69) is 4.99 Å². The second kappa shape index (κ2) is 8.41. The van der Waals surface area contributed by atoms with Crippen LogP contribution in [0.3, 0.4) is 0 Å². The molecule has 9 heteroatoms. The number of rotatable bonds is 5. The predicted molar refractivity (Wildman–Crippen MR) is 111 cm³/mol. The van der Waals surface area contributed by atoms with Crippen molar-refractivity contribution in [2.45, 2.75) is 25.3 Å². The van der Waals surface area contributed by atoms with E-state index in [1.807, 2.05) is 0 Å². The first-order valence-electron chi connectivity index (χ1n) is 9.76. The molecule has 4 rings (SSSR count). The highest BCUT2D eigenvalue weighted by atomic mass is 19.4. The summed E-state index contributed by atoms with van der Waals surface area (Å²) in [5.41, 5.74) is 0.529. The largest absolute Gasteiger partial charge is 0.501 e. The number of halogens is 3. The lowest BCUT2D eigenvalue weighted by atomic mass is 10.0. The van der Waals surface area contributed by atoms with Crippen molar-refractivity contribution < 1.29 is 32.1 Å². The second-order valence-corrected chi connectivity index (χ2v) is 7.32. The Morgan fingerprint density at radius 3 is 2.53 bits per heavy atom. The molecule has 0 saturated heterocycles. The molecule has 2 aliphatic rings. The van der Waals surface area contributed by atoms with Crippen LogP contribution in [0, 0.1) is 0 Å². The van der Waals surface area contributed by atoms with Crippen molar-refractivity contribution in [3.63, 3.8) is 0 Å². The molecule has 0 aliphatic carbocycles. The number of imide groups is 1. The Kier molecular flexibility index (Phi) is 5.65. The minimum absolute atomic E-state index is 0.00374. The van der Waals surface area contributed by atoms with Gasteiger partial charge in [-0.05, 0) is 47.5 Å². The van der Waals surface area contributed by atoms with Gasteiger partial charge in [-0.3, -0.25) is 4.99 Å². The van der Waals surface area contributed by atoms with Gasteiger partial charge >= 0.3 is 18.1 Å². The molecule has 0 bridgehead atoms. The van der Waals surface area contributed by atoms with Crippen LogP contribution < -0.4 is 4.74 Å². The first-order chi connectivity index (χ1) is 15.3. The third kappa shape index (κ3) is 4.18. The molecule has 3 amide bonds. The molecule has 0 radical (unpaired) electrons. The molecule has 1 atom stereocenters. The number of benzene rings is 2. The van der Waals surface area contributed by atoms with Crippen LogP contribution in [0.5, 0.6) is 5.75 Å². The van der Waals surface area contributed by atoms with Gasteiger partial charge in [-0.25, -0.2) is 4.79 Å². The highest BCUT2D eigenvalue weighted by Crippen LogP contribution is 2.30. The molecule has 1 unspecified atom stereocenters. The topological polar surface area (TPSA) is 62.0 Å². The van der Waals surface area contributed by atoms with Gasteiger partial charge in [0.1, 0.15) is 24.6 Å². The predicted octanol–water partition coefficient (Wildman–Crippen LogP) is 3.84. The molecule has 2 aromatic rings. The van der Waals surface area contributed by atoms with E-state index in [9.17, 15) is 22.8 Å². The molecule has 2 heterocycles. The number of hydrogen-bond acceptors (Lipinski definition) is 4. The normalized spacial score (nSPS) is 18.2. The summed E-state index contributed by atoms with van der Waals surface area (Å²) in [5.74, 6) is 0.149. The van der Waals surface area contributed by atoms with Crippen molar-refractivity contribution in [1.82, 2.24) is 4.90 Å². The fourth-order valence-corrected chi connectivity index (χ4v) is 3.62. The third-order valence-corrected chi connectivity index (χ3v) is 5.24. The molecule has 32 heavy (non-hydrogen) atoms. The first-order valence-corrected chi connectivity index (χ1v) is 9.76. The van der Waals surface area contributed by atoms with Crippen LogP contribution in [-0.2, 0) is 24.1 Å². The lowest BCUT2D eigenvalue weighted by Crippen LogP contribution is -2.56. The standard InChI is InChI=1S/C23H19F3N3O3/c1-32-18-9-7-15(8-10-18)13-29-21(30)20-19(6-3-11-27-20)28(22(29)31)14-16-4-2-5-17(12-16)23(24,25)26/h2-12,20H,13-14H2,1H3/q+1. The number of allylic oxidation sites excluding steroid dienone is 1. The Labute approximate surface area is 181 Å². The van der Waals surface area contributed by atoms with Crippen LogP contribution in [0.15, 0.2) is 65.7 Å². The van der Waals surface area contributed by atoms with Crippen molar-refractivity contribution in [2.24, 2.45) is 4.99 Å². The van der Waals surface area contributed by atoms with Crippen LogP contribution >= 0.6 is 0 Å². The summed E-state index contributed by atoms with van der Waals surface area (Å²) in [4.78, 5) is 31.6. The van der Waals surface area contributed by atoms with Gasteiger partial charge in [0.05, 0.1) is 12.7 Å². The second-order valence-electron chi connectivity index (χ2n) is 7.32. The molecule has 6 nitrogen and oxygen atoms in total. The number of carbonyl (C=O) groups is 2. The van der Waals surface area contributed by atoms with Gasteiger partial charge in [0.2, 0.25) is 6.04 Å². The Balaban J connectivity index is 1.68. The van der Waals surface area contributed by atoms with E-state index in [1.165, 1.54) is 30.0 Å². The van der Waals surface area contributed by atoms with E-state index < -0.39 is 29.7 Å². The molecular formula is C23H19F3N3O3+. The lowest BCUT2D eigenvalue weighted by molar-refractivity contribution is -0.455. The van der Waals surface area contributed by atoms with E-state index in [1.54, 1.807) is 36.4 Å². The van der Waals surface area contributed by atoms with Crippen molar-refractivity contribution >= 4 is 23.9 Å². The molecule has 2 aromatic carbocycles. The summed E-state index contributed by atoms with van der Waals surface area (Å²) in [6.45, 7) is -0.120. The van der Waals surface area contributed by atoms with Gasteiger partial charge in [-0.1, -0.05) is 24.3 Å². The molecule has 2 aliphatic heterocycles. The fraction of sp³-hybridized carbons (Fsp3) is 0.217. The van der Waals surface area contributed by atoms with E-state index in [0.717, 1.165) is 17.0 Å². The summed E-state index contributed by atoms with van der Waals surface area (Å²) in [7, 11) is 1.53. The minimum atomic E-state index is -4.50. The zero-order chi connectivity index (χ0) is 22.9. The summed E-state index contributed by atoms with van der Waals surface area (Å²) in [5, 5.41) is 0. The van der Waals surface area contributed by atoms with Crippen LogP contribution in [0.2, 0.25) is 0 Å². The van der Waals surface area contributed by atoms with Gasteiger partial charge in [0.15, 0.2) is 0 Å². The summed E-state index contributed by atoms with van der Waals surface area (Å²) < 4.78 is 45.8. The number of urea groups is 1. The van der Waals surface area contributed by atoms with Crippen molar-refractivity contribution in [3.8, 4) is 5.75 Å². The van der Waals surface area contributed by atoms with Crippen LogP contribution in [-0.4, -0.2) is 46.5 Å². The van der Waals surface area contributed by atoms with E-state index in [4.69, 9.17) is 4.74 Å². The SMILES string of the molecule is COc1ccc(CN2C(=O)C3N=CC=CC3=[N+](Cc3cccc(C(F)(F)F)c3)C2=O)cc1. The van der Waals surface area contributed by atoms with Crippen molar-refractivity contribution in [2.75, 3.05) is 7.11 Å².